The average Bonchev–Trinajstić information content (AvgIpc) is 2.35. The molecule has 0 saturated carbocycles. The Morgan fingerprint density at radius 3 is 2.26 bits per heavy atom. The zero-order valence-electron chi connectivity index (χ0n) is 12.7. The van der Waals surface area contributed by atoms with Crippen molar-refractivity contribution in [1.29, 1.82) is 0 Å². The second-order valence-corrected chi connectivity index (χ2v) is 5.76. The van der Waals surface area contributed by atoms with Crippen LogP contribution < -0.4 is 5.73 Å². The summed E-state index contributed by atoms with van der Waals surface area (Å²) in [6, 6.07) is 7.89. The minimum Gasteiger partial charge on any atom is -0.335 e. The summed E-state index contributed by atoms with van der Waals surface area (Å²) in [6.45, 7) is 10.7. The lowest BCUT2D eigenvalue weighted by Gasteiger charge is -2.31. The number of carbonyl (C=O) groups is 1. The third kappa shape index (κ3) is 4.06. The zero-order valence-corrected chi connectivity index (χ0v) is 12.7. The van der Waals surface area contributed by atoms with Gasteiger partial charge in [-0.25, -0.2) is 0 Å². The lowest BCUT2D eigenvalue weighted by Crippen LogP contribution is -2.48. The van der Waals surface area contributed by atoms with Gasteiger partial charge in [-0.05, 0) is 37.8 Å². The Morgan fingerprint density at radius 2 is 1.79 bits per heavy atom. The zero-order chi connectivity index (χ0) is 14.6. The van der Waals surface area contributed by atoms with E-state index < -0.39 is 6.04 Å². The van der Waals surface area contributed by atoms with Crippen molar-refractivity contribution in [3.8, 4) is 0 Å². The molecule has 0 aliphatic heterocycles. The van der Waals surface area contributed by atoms with Crippen LogP contribution in [0.25, 0.3) is 0 Å². The molecule has 106 valence electrons. The third-order valence-corrected chi connectivity index (χ3v) is 3.51. The standard InChI is InChI=1S/C16H26N2O/c1-11(2)15(17)16(19)18(12(3)4)10-14-9-7-6-8-13(14)5/h6-9,11-12,15H,10,17H2,1-5H3/t15-/m0/s1. The number of benzene rings is 1. The van der Waals surface area contributed by atoms with E-state index in [2.05, 4.69) is 19.1 Å². The predicted octanol–water partition coefficient (Wildman–Crippen LogP) is 2.72. The van der Waals surface area contributed by atoms with Crippen LogP contribution in [0.2, 0.25) is 0 Å². The summed E-state index contributed by atoms with van der Waals surface area (Å²) < 4.78 is 0. The van der Waals surface area contributed by atoms with Crippen LogP contribution in [-0.2, 0) is 11.3 Å². The van der Waals surface area contributed by atoms with Gasteiger partial charge in [0.25, 0.3) is 0 Å². The molecule has 3 heteroatoms. The molecule has 0 aliphatic rings. The second kappa shape index (κ2) is 6.71. The van der Waals surface area contributed by atoms with Crippen molar-refractivity contribution in [3.05, 3.63) is 35.4 Å². The van der Waals surface area contributed by atoms with Crippen molar-refractivity contribution in [1.82, 2.24) is 4.90 Å². The van der Waals surface area contributed by atoms with Crippen LogP contribution in [0.4, 0.5) is 0 Å². The van der Waals surface area contributed by atoms with E-state index in [9.17, 15) is 4.79 Å². The lowest BCUT2D eigenvalue weighted by molar-refractivity contribution is -0.136. The van der Waals surface area contributed by atoms with E-state index in [1.54, 1.807) is 0 Å². The summed E-state index contributed by atoms with van der Waals surface area (Å²) >= 11 is 0. The third-order valence-electron chi connectivity index (χ3n) is 3.51. The molecule has 1 aromatic carbocycles. The lowest BCUT2D eigenvalue weighted by atomic mass is 10.0. The van der Waals surface area contributed by atoms with Gasteiger partial charge in [0.1, 0.15) is 0 Å². The van der Waals surface area contributed by atoms with E-state index in [4.69, 9.17) is 5.73 Å². The molecule has 0 unspecified atom stereocenters. The van der Waals surface area contributed by atoms with E-state index in [0.29, 0.717) is 6.54 Å². The fourth-order valence-corrected chi connectivity index (χ4v) is 1.96. The molecule has 0 saturated heterocycles. The Kier molecular flexibility index (Phi) is 5.55. The minimum atomic E-state index is -0.425. The average molecular weight is 262 g/mol. The molecular weight excluding hydrogens is 236 g/mol. The van der Waals surface area contributed by atoms with Crippen LogP contribution in [0.5, 0.6) is 0 Å². The minimum absolute atomic E-state index is 0.0354. The smallest absolute Gasteiger partial charge is 0.240 e. The van der Waals surface area contributed by atoms with E-state index in [-0.39, 0.29) is 17.9 Å². The quantitative estimate of drug-likeness (QED) is 0.887. The topological polar surface area (TPSA) is 46.3 Å². The summed E-state index contributed by atoms with van der Waals surface area (Å²) in [5.41, 5.74) is 8.39. The molecule has 19 heavy (non-hydrogen) atoms. The summed E-state index contributed by atoms with van der Waals surface area (Å²) in [6.07, 6.45) is 0. The monoisotopic (exact) mass is 262 g/mol. The number of rotatable bonds is 5. The summed E-state index contributed by atoms with van der Waals surface area (Å²) in [4.78, 5) is 14.3. The van der Waals surface area contributed by atoms with Gasteiger partial charge >= 0.3 is 0 Å². The van der Waals surface area contributed by atoms with Gasteiger partial charge in [-0.3, -0.25) is 4.79 Å². The molecule has 0 bridgehead atoms. The molecule has 0 aromatic heterocycles. The molecule has 0 fully saturated rings. The Labute approximate surface area is 116 Å². The van der Waals surface area contributed by atoms with Gasteiger partial charge in [0.05, 0.1) is 6.04 Å². The summed E-state index contributed by atoms with van der Waals surface area (Å²) in [5.74, 6) is 0.193. The first-order chi connectivity index (χ1) is 8.84. The molecule has 1 aromatic rings. The number of hydrogen-bond donors (Lipinski definition) is 1. The van der Waals surface area contributed by atoms with Crippen molar-refractivity contribution in [3.63, 3.8) is 0 Å². The maximum absolute atomic E-state index is 12.4. The van der Waals surface area contributed by atoms with Gasteiger partial charge in [-0.1, -0.05) is 38.1 Å². The molecule has 0 heterocycles. The van der Waals surface area contributed by atoms with Gasteiger partial charge in [0.15, 0.2) is 0 Å². The van der Waals surface area contributed by atoms with Crippen LogP contribution in [-0.4, -0.2) is 22.9 Å². The molecular formula is C16H26N2O. The highest BCUT2D eigenvalue weighted by Gasteiger charge is 2.25. The van der Waals surface area contributed by atoms with Crippen LogP contribution >= 0.6 is 0 Å². The molecule has 2 N–H and O–H groups in total. The van der Waals surface area contributed by atoms with Crippen LogP contribution in [0.3, 0.4) is 0 Å². The number of amides is 1. The number of carbonyl (C=O) groups excluding carboxylic acids is 1. The Morgan fingerprint density at radius 1 is 1.21 bits per heavy atom. The number of aryl methyl sites for hydroxylation is 1. The number of nitrogens with two attached hydrogens (primary N) is 1. The van der Waals surface area contributed by atoms with Gasteiger partial charge in [0, 0.05) is 12.6 Å². The van der Waals surface area contributed by atoms with Crippen molar-refractivity contribution in [2.45, 2.75) is 53.2 Å². The summed E-state index contributed by atoms with van der Waals surface area (Å²) in [5, 5.41) is 0. The van der Waals surface area contributed by atoms with Crippen LogP contribution in [0, 0.1) is 12.8 Å². The number of hydrogen-bond acceptors (Lipinski definition) is 2. The van der Waals surface area contributed by atoms with E-state index >= 15 is 0 Å². The molecule has 1 rings (SSSR count). The van der Waals surface area contributed by atoms with Gasteiger partial charge in [-0.15, -0.1) is 0 Å². The molecule has 1 atom stereocenters. The molecule has 3 nitrogen and oxygen atoms in total. The van der Waals surface area contributed by atoms with Crippen molar-refractivity contribution in [2.24, 2.45) is 11.7 Å². The highest BCUT2D eigenvalue weighted by atomic mass is 16.2. The number of nitrogens with zero attached hydrogens (tertiary/aromatic N) is 1. The maximum Gasteiger partial charge on any atom is 0.240 e. The van der Waals surface area contributed by atoms with Gasteiger partial charge < -0.3 is 10.6 Å². The Balaban J connectivity index is 2.91. The van der Waals surface area contributed by atoms with E-state index in [0.717, 1.165) is 0 Å². The highest BCUT2D eigenvalue weighted by Crippen LogP contribution is 2.15. The fraction of sp³-hybridized carbons (Fsp3) is 0.562. The first-order valence-corrected chi connectivity index (χ1v) is 6.95. The van der Waals surface area contributed by atoms with Crippen molar-refractivity contribution in [2.75, 3.05) is 0 Å². The fourth-order valence-electron chi connectivity index (χ4n) is 1.96. The largest absolute Gasteiger partial charge is 0.335 e. The SMILES string of the molecule is Cc1ccccc1CN(C(=O)[C@@H](N)C(C)C)C(C)C. The first kappa shape index (κ1) is 15.7. The second-order valence-electron chi connectivity index (χ2n) is 5.76. The first-order valence-electron chi connectivity index (χ1n) is 6.95. The maximum atomic E-state index is 12.4. The van der Waals surface area contributed by atoms with Crippen molar-refractivity contribution >= 4 is 5.91 Å². The van der Waals surface area contributed by atoms with E-state index in [1.165, 1.54) is 11.1 Å². The van der Waals surface area contributed by atoms with Crippen LogP contribution in [0.1, 0.15) is 38.8 Å². The van der Waals surface area contributed by atoms with E-state index in [1.807, 2.05) is 44.7 Å². The summed E-state index contributed by atoms with van der Waals surface area (Å²) in [7, 11) is 0. The predicted molar refractivity (Wildman–Crippen MR) is 79.7 cm³/mol. The molecule has 1 amide bonds. The van der Waals surface area contributed by atoms with Crippen molar-refractivity contribution < 1.29 is 4.79 Å². The normalized spacial score (nSPS) is 12.8. The Bertz CT molecular complexity index is 427. The molecule has 0 radical (unpaired) electrons. The highest BCUT2D eigenvalue weighted by molar-refractivity contribution is 5.82. The molecule has 0 aliphatic carbocycles. The van der Waals surface area contributed by atoms with Gasteiger partial charge in [-0.2, -0.15) is 0 Å². The Hall–Kier alpha value is -1.35. The van der Waals surface area contributed by atoms with Gasteiger partial charge in [0.2, 0.25) is 5.91 Å². The molecule has 0 spiro atoms. The van der Waals surface area contributed by atoms with Crippen LogP contribution in [0.15, 0.2) is 24.3 Å².